The number of para-hydroxylation sites is 2. The van der Waals surface area contributed by atoms with E-state index in [1.165, 1.54) is 22.3 Å². The molecule has 146 valence electrons. The molecular formula is C23H21N3O2S. The zero-order valence-corrected chi connectivity index (χ0v) is 16.8. The summed E-state index contributed by atoms with van der Waals surface area (Å²) in [6, 6.07) is 18.8. The number of nitrogens with one attached hydrogen (secondary N) is 3. The molecule has 2 aromatic carbocycles. The number of hydrogen-bond acceptors (Lipinski definition) is 3. The molecule has 0 fully saturated rings. The zero-order chi connectivity index (χ0) is 20.2. The van der Waals surface area contributed by atoms with Crippen molar-refractivity contribution in [2.75, 3.05) is 11.9 Å². The highest BCUT2D eigenvalue weighted by molar-refractivity contribution is 7.12. The molecule has 0 unspecified atom stereocenters. The van der Waals surface area contributed by atoms with Crippen LogP contribution in [-0.2, 0) is 6.42 Å². The van der Waals surface area contributed by atoms with Gasteiger partial charge in [0.25, 0.3) is 11.8 Å². The maximum absolute atomic E-state index is 12.7. The molecule has 0 aliphatic carbocycles. The normalized spacial score (nSPS) is 10.8. The summed E-state index contributed by atoms with van der Waals surface area (Å²) < 4.78 is 0. The van der Waals surface area contributed by atoms with Crippen LogP contribution in [0.2, 0.25) is 0 Å². The molecule has 6 heteroatoms. The third-order valence-corrected chi connectivity index (χ3v) is 5.72. The summed E-state index contributed by atoms with van der Waals surface area (Å²) >= 11 is 1.36. The molecule has 0 atom stereocenters. The van der Waals surface area contributed by atoms with Gasteiger partial charge in [-0.3, -0.25) is 9.59 Å². The number of benzene rings is 2. The van der Waals surface area contributed by atoms with Crippen molar-refractivity contribution < 1.29 is 9.59 Å². The topological polar surface area (TPSA) is 74.0 Å². The van der Waals surface area contributed by atoms with Crippen LogP contribution in [-0.4, -0.2) is 23.3 Å². The lowest BCUT2D eigenvalue weighted by Crippen LogP contribution is -2.27. The van der Waals surface area contributed by atoms with Crippen molar-refractivity contribution in [3.63, 3.8) is 0 Å². The molecule has 29 heavy (non-hydrogen) atoms. The van der Waals surface area contributed by atoms with E-state index in [9.17, 15) is 9.59 Å². The highest BCUT2D eigenvalue weighted by Gasteiger charge is 2.15. The summed E-state index contributed by atoms with van der Waals surface area (Å²) in [5, 5.41) is 8.84. The summed E-state index contributed by atoms with van der Waals surface area (Å²) in [5.74, 6) is -0.417. The Morgan fingerprint density at radius 1 is 0.966 bits per heavy atom. The number of aromatic amines is 1. The van der Waals surface area contributed by atoms with Gasteiger partial charge in [0, 0.05) is 23.1 Å². The number of aromatic nitrogens is 1. The Kier molecular flexibility index (Phi) is 5.44. The number of amides is 2. The van der Waals surface area contributed by atoms with Crippen molar-refractivity contribution in [3.05, 3.63) is 87.7 Å². The smallest absolute Gasteiger partial charge is 0.265 e. The van der Waals surface area contributed by atoms with Crippen LogP contribution in [0.1, 0.15) is 31.3 Å². The van der Waals surface area contributed by atoms with Crippen LogP contribution in [0.25, 0.3) is 10.9 Å². The second kappa shape index (κ2) is 8.32. The molecule has 2 heterocycles. The fraction of sp³-hybridized carbons (Fsp3) is 0.130. The number of fused-ring (bicyclic) bond motifs is 1. The molecule has 2 amide bonds. The third kappa shape index (κ3) is 4.07. The van der Waals surface area contributed by atoms with Crippen LogP contribution in [0.5, 0.6) is 0 Å². The Bertz CT molecular complexity index is 1160. The third-order valence-electron chi connectivity index (χ3n) is 4.85. The number of hydrogen-bond donors (Lipinski definition) is 3. The number of thiophene rings is 1. The van der Waals surface area contributed by atoms with Gasteiger partial charge >= 0.3 is 0 Å². The van der Waals surface area contributed by atoms with Gasteiger partial charge in [-0.15, -0.1) is 11.3 Å². The van der Waals surface area contributed by atoms with Gasteiger partial charge in [-0.2, -0.15) is 0 Å². The van der Waals surface area contributed by atoms with Crippen LogP contribution >= 0.6 is 11.3 Å². The van der Waals surface area contributed by atoms with Gasteiger partial charge in [-0.05, 0) is 48.6 Å². The second-order valence-electron chi connectivity index (χ2n) is 6.76. The van der Waals surface area contributed by atoms with E-state index in [1.54, 1.807) is 30.3 Å². The van der Waals surface area contributed by atoms with E-state index < -0.39 is 0 Å². The minimum absolute atomic E-state index is 0.204. The van der Waals surface area contributed by atoms with Gasteiger partial charge in [-0.1, -0.05) is 36.4 Å². The maximum atomic E-state index is 12.7. The van der Waals surface area contributed by atoms with Crippen molar-refractivity contribution in [2.45, 2.75) is 13.3 Å². The standard InChI is InChI=1S/C23H21N3O2S/c1-15-16(17-7-2-4-9-19(17)25-15)12-13-24-22(27)18-8-3-5-10-20(18)26-23(28)21-11-6-14-29-21/h2-11,14,25H,12-13H2,1H3,(H,24,27)(H,26,28). The highest BCUT2D eigenvalue weighted by atomic mass is 32.1. The van der Waals surface area contributed by atoms with E-state index in [1.807, 2.05) is 30.5 Å². The van der Waals surface area contributed by atoms with Crippen molar-refractivity contribution >= 4 is 39.7 Å². The number of carbonyl (C=O) groups excluding carboxylic acids is 2. The molecule has 4 aromatic rings. The van der Waals surface area contributed by atoms with Gasteiger partial charge < -0.3 is 15.6 Å². The quantitative estimate of drug-likeness (QED) is 0.434. The molecule has 4 rings (SSSR count). The molecule has 2 aromatic heterocycles. The number of rotatable bonds is 6. The average molecular weight is 404 g/mol. The van der Waals surface area contributed by atoms with Crippen molar-refractivity contribution in [1.82, 2.24) is 10.3 Å². The van der Waals surface area contributed by atoms with Crippen molar-refractivity contribution in [1.29, 1.82) is 0 Å². The molecule has 0 aliphatic heterocycles. The second-order valence-corrected chi connectivity index (χ2v) is 7.70. The Morgan fingerprint density at radius 2 is 1.76 bits per heavy atom. The largest absolute Gasteiger partial charge is 0.358 e. The Hall–Kier alpha value is -3.38. The molecule has 5 nitrogen and oxygen atoms in total. The lowest BCUT2D eigenvalue weighted by atomic mass is 10.1. The fourth-order valence-electron chi connectivity index (χ4n) is 3.43. The predicted octanol–water partition coefficient (Wildman–Crippen LogP) is 4.76. The monoisotopic (exact) mass is 403 g/mol. The summed E-state index contributed by atoms with van der Waals surface area (Å²) in [7, 11) is 0. The zero-order valence-electron chi connectivity index (χ0n) is 16.0. The van der Waals surface area contributed by atoms with Crippen LogP contribution < -0.4 is 10.6 Å². The lowest BCUT2D eigenvalue weighted by Gasteiger charge is -2.11. The predicted molar refractivity (Wildman–Crippen MR) is 118 cm³/mol. The molecule has 0 spiro atoms. The van der Waals surface area contributed by atoms with E-state index in [0.717, 1.165) is 17.6 Å². The summed E-state index contributed by atoms with van der Waals surface area (Å²) in [6.07, 6.45) is 0.727. The van der Waals surface area contributed by atoms with E-state index in [2.05, 4.69) is 27.8 Å². The van der Waals surface area contributed by atoms with E-state index in [4.69, 9.17) is 0 Å². The number of aryl methyl sites for hydroxylation is 1. The van der Waals surface area contributed by atoms with Gasteiger partial charge in [0.15, 0.2) is 0 Å². The van der Waals surface area contributed by atoms with E-state index in [-0.39, 0.29) is 11.8 Å². The molecular weight excluding hydrogens is 382 g/mol. The molecule has 0 radical (unpaired) electrons. The first-order valence-electron chi connectivity index (χ1n) is 9.42. The van der Waals surface area contributed by atoms with Gasteiger partial charge in [0.1, 0.15) is 0 Å². The van der Waals surface area contributed by atoms with Crippen LogP contribution in [0.4, 0.5) is 5.69 Å². The van der Waals surface area contributed by atoms with Crippen molar-refractivity contribution in [2.24, 2.45) is 0 Å². The Balaban J connectivity index is 1.44. The first-order chi connectivity index (χ1) is 14.1. The van der Waals surface area contributed by atoms with Crippen LogP contribution in [0.15, 0.2) is 66.0 Å². The first-order valence-corrected chi connectivity index (χ1v) is 10.3. The first kappa shape index (κ1) is 19.0. The summed E-state index contributed by atoms with van der Waals surface area (Å²) in [5.41, 5.74) is 4.39. The molecule has 0 saturated heterocycles. The van der Waals surface area contributed by atoms with E-state index in [0.29, 0.717) is 22.7 Å². The maximum Gasteiger partial charge on any atom is 0.265 e. The van der Waals surface area contributed by atoms with Crippen LogP contribution in [0.3, 0.4) is 0 Å². The van der Waals surface area contributed by atoms with Gasteiger partial charge in [-0.25, -0.2) is 0 Å². The number of carbonyl (C=O) groups is 2. The molecule has 0 saturated carbocycles. The minimum atomic E-state index is -0.213. The van der Waals surface area contributed by atoms with Crippen LogP contribution in [0, 0.1) is 6.92 Å². The minimum Gasteiger partial charge on any atom is -0.358 e. The highest BCUT2D eigenvalue weighted by Crippen LogP contribution is 2.22. The van der Waals surface area contributed by atoms with Gasteiger partial charge in [0.2, 0.25) is 0 Å². The molecule has 0 bridgehead atoms. The van der Waals surface area contributed by atoms with Gasteiger partial charge in [0.05, 0.1) is 16.1 Å². The van der Waals surface area contributed by atoms with E-state index >= 15 is 0 Å². The summed E-state index contributed by atoms with van der Waals surface area (Å²) in [6.45, 7) is 2.56. The lowest BCUT2D eigenvalue weighted by molar-refractivity contribution is 0.0955. The number of H-pyrrole nitrogens is 1. The molecule has 3 N–H and O–H groups in total. The SMILES string of the molecule is Cc1[nH]c2ccccc2c1CCNC(=O)c1ccccc1NC(=O)c1cccs1. The summed E-state index contributed by atoms with van der Waals surface area (Å²) in [4.78, 5) is 29.1. The van der Waals surface area contributed by atoms with Crippen molar-refractivity contribution in [3.8, 4) is 0 Å². The Morgan fingerprint density at radius 3 is 2.59 bits per heavy atom. The fourth-order valence-corrected chi connectivity index (χ4v) is 4.05. The number of anilines is 1. The average Bonchev–Trinajstić information content (AvgIpc) is 3.37. The molecule has 0 aliphatic rings. The Labute approximate surface area is 172 Å².